The molecule has 0 heterocycles. The Morgan fingerprint density at radius 1 is 1.32 bits per heavy atom. The predicted molar refractivity (Wildman–Crippen MR) is 86.0 cm³/mol. The largest absolute Gasteiger partial charge is 0.326 e. The second-order valence-corrected chi connectivity index (χ2v) is 6.17. The first-order chi connectivity index (χ1) is 10.5. The lowest BCUT2D eigenvalue weighted by molar-refractivity contribution is -0.130. The topological polar surface area (TPSA) is 63.2 Å². The van der Waals surface area contributed by atoms with Crippen LogP contribution in [0.4, 0.5) is 5.69 Å². The Hall–Kier alpha value is -1.68. The summed E-state index contributed by atoms with van der Waals surface area (Å²) in [4.78, 5) is 35.3. The van der Waals surface area contributed by atoms with Crippen molar-refractivity contribution in [3.8, 4) is 0 Å². The molecule has 1 aliphatic carbocycles. The number of anilines is 1. The highest BCUT2D eigenvalue weighted by Crippen LogP contribution is 2.24. The van der Waals surface area contributed by atoms with Gasteiger partial charge in [-0.3, -0.25) is 14.4 Å². The Kier molecular flexibility index (Phi) is 5.72. The number of nitrogens with one attached hydrogen (secondary N) is 1. The average Bonchev–Trinajstić information content (AvgIpc) is 2.88. The first-order valence-electron chi connectivity index (χ1n) is 7.59. The van der Waals surface area contributed by atoms with E-state index in [1.165, 1.54) is 0 Å². The van der Waals surface area contributed by atoms with Crippen molar-refractivity contribution in [3.05, 3.63) is 28.8 Å². The molecule has 0 unspecified atom stereocenters. The fourth-order valence-electron chi connectivity index (χ4n) is 2.73. The Bertz CT molecular complexity index is 598. The first-order valence-corrected chi connectivity index (χ1v) is 7.96. The van der Waals surface area contributed by atoms with E-state index in [-0.39, 0.29) is 23.9 Å². The zero-order valence-corrected chi connectivity index (χ0v) is 13.4. The normalized spacial score (nSPS) is 17.5. The molecule has 1 fully saturated rings. The predicted octanol–water partition coefficient (Wildman–Crippen LogP) is 3.70. The molecule has 0 spiro atoms. The van der Waals surface area contributed by atoms with Crippen molar-refractivity contribution in [2.75, 3.05) is 5.32 Å². The summed E-state index contributed by atoms with van der Waals surface area (Å²) in [5, 5.41) is 3.44. The fraction of sp³-hybridized carbons (Fsp3) is 0.471. The van der Waals surface area contributed by atoms with Gasteiger partial charge in [-0.05, 0) is 49.9 Å². The number of halogens is 1. The molecule has 1 amide bonds. The Morgan fingerprint density at radius 2 is 2.09 bits per heavy atom. The quantitative estimate of drug-likeness (QED) is 0.813. The summed E-state index contributed by atoms with van der Waals surface area (Å²) < 4.78 is 0. The Labute approximate surface area is 135 Å². The van der Waals surface area contributed by atoms with E-state index in [0.29, 0.717) is 30.7 Å². The minimum atomic E-state index is -0.415. The van der Waals surface area contributed by atoms with Gasteiger partial charge in [0, 0.05) is 30.0 Å². The molecule has 1 aromatic carbocycles. The van der Waals surface area contributed by atoms with Crippen LogP contribution in [0.25, 0.3) is 0 Å². The second-order valence-electron chi connectivity index (χ2n) is 5.74. The standard InChI is InChI=1S/C17H20ClNO3/c1-11-10-12(18)8-9-14(11)19-17(22)7-3-6-16(21)13-4-2-5-15(13)20/h8-10,13H,2-7H2,1H3,(H,19,22)/t13-/m1/s1. The maximum absolute atomic E-state index is 11.9. The smallest absolute Gasteiger partial charge is 0.224 e. The minimum absolute atomic E-state index is 0.0158. The van der Waals surface area contributed by atoms with Crippen LogP contribution in [0.5, 0.6) is 0 Å². The van der Waals surface area contributed by atoms with Crippen molar-refractivity contribution in [1.82, 2.24) is 0 Å². The van der Waals surface area contributed by atoms with E-state index in [1.807, 2.05) is 6.92 Å². The van der Waals surface area contributed by atoms with Gasteiger partial charge in [0.1, 0.15) is 11.6 Å². The van der Waals surface area contributed by atoms with Gasteiger partial charge in [0.25, 0.3) is 0 Å². The molecule has 0 radical (unpaired) electrons. The van der Waals surface area contributed by atoms with Gasteiger partial charge in [0.2, 0.25) is 5.91 Å². The molecule has 2 rings (SSSR count). The minimum Gasteiger partial charge on any atom is -0.326 e. The highest BCUT2D eigenvalue weighted by molar-refractivity contribution is 6.30. The van der Waals surface area contributed by atoms with E-state index in [2.05, 4.69) is 5.32 Å². The summed E-state index contributed by atoms with van der Waals surface area (Å²) >= 11 is 5.87. The summed E-state index contributed by atoms with van der Waals surface area (Å²) in [6, 6.07) is 5.27. The van der Waals surface area contributed by atoms with Gasteiger partial charge in [0.05, 0.1) is 5.92 Å². The third kappa shape index (κ3) is 4.41. The van der Waals surface area contributed by atoms with Crippen molar-refractivity contribution in [2.24, 2.45) is 5.92 Å². The molecule has 0 aromatic heterocycles. The van der Waals surface area contributed by atoms with E-state index >= 15 is 0 Å². The van der Waals surface area contributed by atoms with Crippen LogP contribution in [0.15, 0.2) is 18.2 Å². The van der Waals surface area contributed by atoms with Crippen LogP contribution in [0.2, 0.25) is 5.02 Å². The van der Waals surface area contributed by atoms with Crippen molar-refractivity contribution in [2.45, 2.75) is 45.4 Å². The second kappa shape index (κ2) is 7.54. The number of amides is 1. The highest BCUT2D eigenvalue weighted by Gasteiger charge is 2.30. The molecule has 22 heavy (non-hydrogen) atoms. The molecular formula is C17H20ClNO3. The van der Waals surface area contributed by atoms with Gasteiger partial charge in [-0.25, -0.2) is 0 Å². The number of hydrogen-bond donors (Lipinski definition) is 1. The zero-order valence-electron chi connectivity index (χ0n) is 12.7. The van der Waals surface area contributed by atoms with Gasteiger partial charge in [0.15, 0.2) is 0 Å². The van der Waals surface area contributed by atoms with Crippen LogP contribution in [0.3, 0.4) is 0 Å². The van der Waals surface area contributed by atoms with Crippen LogP contribution in [0, 0.1) is 12.8 Å². The van der Waals surface area contributed by atoms with Gasteiger partial charge in [-0.15, -0.1) is 0 Å². The van der Waals surface area contributed by atoms with Gasteiger partial charge in [-0.1, -0.05) is 11.6 Å². The molecular weight excluding hydrogens is 302 g/mol. The Balaban J connectivity index is 1.76. The first kappa shape index (κ1) is 16.7. The summed E-state index contributed by atoms with van der Waals surface area (Å²) in [6.45, 7) is 1.87. The maximum atomic E-state index is 11.9. The van der Waals surface area contributed by atoms with E-state index in [9.17, 15) is 14.4 Å². The molecule has 118 valence electrons. The third-order valence-corrected chi connectivity index (χ3v) is 4.22. The summed E-state index contributed by atoms with van der Waals surface area (Å²) in [5.41, 5.74) is 1.63. The number of benzene rings is 1. The number of rotatable bonds is 6. The van der Waals surface area contributed by atoms with Crippen LogP contribution >= 0.6 is 11.6 Å². The molecule has 5 heteroatoms. The molecule has 1 atom stereocenters. The van der Waals surface area contributed by atoms with E-state index in [4.69, 9.17) is 11.6 Å². The lowest BCUT2D eigenvalue weighted by Crippen LogP contribution is -2.19. The van der Waals surface area contributed by atoms with Gasteiger partial charge >= 0.3 is 0 Å². The van der Waals surface area contributed by atoms with E-state index in [1.54, 1.807) is 18.2 Å². The SMILES string of the molecule is Cc1cc(Cl)ccc1NC(=O)CCCC(=O)[C@@H]1CCCC1=O. The van der Waals surface area contributed by atoms with E-state index < -0.39 is 5.92 Å². The fourth-order valence-corrected chi connectivity index (χ4v) is 2.96. The van der Waals surface area contributed by atoms with Crippen LogP contribution in [-0.4, -0.2) is 17.5 Å². The summed E-state index contributed by atoms with van der Waals surface area (Å²) in [5.74, 6) is -0.498. The number of ketones is 2. The van der Waals surface area contributed by atoms with Crippen molar-refractivity contribution < 1.29 is 14.4 Å². The Morgan fingerprint density at radius 3 is 2.73 bits per heavy atom. The number of Topliss-reactive ketones (excluding diaryl/α,β-unsaturated/α-hetero) is 2. The molecule has 0 saturated heterocycles. The maximum Gasteiger partial charge on any atom is 0.224 e. The summed E-state index contributed by atoms with van der Waals surface area (Å²) in [7, 11) is 0. The monoisotopic (exact) mass is 321 g/mol. The molecule has 1 N–H and O–H groups in total. The van der Waals surface area contributed by atoms with Crippen molar-refractivity contribution in [1.29, 1.82) is 0 Å². The van der Waals surface area contributed by atoms with Crippen molar-refractivity contribution >= 4 is 34.8 Å². The third-order valence-electron chi connectivity index (χ3n) is 3.98. The molecule has 1 aromatic rings. The van der Waals surface area contributed by atoms with Crippen LogP contribution in [0.1, 0.15) is 44.1 Å². The van der Waals surface area contributed by atoms with Crippen molar-refractivity contribution in [3.63, 3.8) is 0 Å². The molecule has 4 nitrogen and oxygen atoms in total. The lowest BCUT2D eigenvalue weighted by Gasteiger charge is -2.09. The lowest BCUT2D eigenvalue weighted by atomic mass is 9.97. The van der Waals surface area contributed by atoms with E-state index in [0.717, 1.165) is 17.7 Å². The molecule has 1 aliphatic rings. The van der Waals surface area contributed by atoms with Gasteiger partial charge in [-0.2, -0.15) is 0 Å². The van der Waals surface area contributed by atoms with Gasteiger partial charge < -0.3 is 5.32 Å². The molecule has 1 saturated carbocycles. The number of carbonyl (C=O) groups excluding carboxylic acids is 3. The molecule has 0 bridgehead atoms. The number of aryl methyl sites for hydroxylation is 1. The average molecular weight is 322 g/mol. The highest BCUT2D eigenvalue weighted by atomic mass is 35.5. The van der Waals surface area contributed by atoms with Crippen LogP contribution in [-0.2, 0) is 14.4 Å². The number of hydrogen-bond acceptors (Lipinski definition) is 3. The number of carbonyl (C=O) groups is 3. The molecule has 0 aliphatic heterocycles. The van der Waals surface area contributed by atoms with Crippen LogP contribution < -0.4 is 5.32 Å². The summed E-state index contributed by atoms with van der Waals surface area (Å²) in [6.07, 6.45) is 3.05. The zero-order chi connectivity index (χ0) is 16.1.